The smallest absolute Gasteiger partial charge is 0.308 e. The van der Waals surface area contributed by atoms with E-state index in [9.17, 15) is 9.59 Å². The summed E-state index contributed by atoms with van der Waals surface area (Å²) in [5.41, 5.74) is 7.45. The van der Waals surface area contributed by atoms with Gasteiger partial charge in [0.05, 0.1) is 6.04 Å². The Morgan fingerprint density at radius 3 is 3.00 bits per heavy atom. The van der Waals surface area contributed by atoms with Crippen molar-refractivity contribution in [3.05, 3.63) is 30.0 Å². The molecule has 1 aromatic carbocycles. The monoisotopic (exact) mass is 246 g/mol. The number of aromatic amines is 1. The van der Waals surface area contributed by atoms with Crippen molar-refractivity contribution in [2.24, 2.45) is 5.73 Å². The van der Waals surface area contributed by atoms with Crippen LogP contribution in [0.1, 0.15) is 12.5 Å². The largest absolute Gasteiger partial charge is 0.427 e. The lowest BCUT2D eigenvalue weighted by Gasteiger charge is -2.04. The molecule has 5 heteroatoms. The van der Waals surface area contributed by atoms with Crippen LogP contribution in [0.2, 0.25) is 0 Å². The van der Waals surface area contributed by atoms with Gasteiger partial charge in [-0.05, 0) is 30.2 Å². The van der Waals surface area contributed by atoms with Gasteiger partial charge in [0.2, 0.25) is 0 Å². The molecule has 18 heavy (non-hydrogen) atoms. The first kappa shape index (κ1) is 12.3. The Balaban J connectivity index is 2.36. The number of esters is 1. The molecule has 0 radical (unpaired) electrons. The summed E-state index contributed by atoms with van der Waals surface area (Å²) in [5.74, 6) is 0.117. The van der Waals surface area contributed by atoms with Crippen LogP contribution in [0.4, 0.5) is 0 Å². The van der Waals surface area contributed by atoms with Crippen molar-refractivity contribution in [3.8, 4) is 5.75 Å². The van der Waals surface area contributed by atoms with Crippen LogP contribution >= 0.6 is 0 Å². The molecule has 5 nitrogen and oxygen atoms in total. The van der Waals surface area contributed by atoms with Crippen molar-refractivity contribution in [2.75, 3.05) is 0 Å². The van der Waals surface area contributed by atoms with Crippen LogP contribution in [0.5, 0.6) is 5.75 Å². The fraction of sp³-hybridized carbons (Fsp3) is 0.231. The molecular formula is C13H14N2O3. The molecule has 0 fully saturated rings. The van der Waals surface area contributed by atoms with Gasteiger partial charge in [0, 0.05) is 24.0 Å². The number of hydrogen-bond donors (Lipinski definition) is 2. The molecule has 0 saturated carbocycles. The lowest BCUT2D eigenvalue weighted by Crippen LogP contribution is -2.23. The fourth-order valence-corrected chi connectivity index (χ4v) is 1.86. The number of benzene rings is 1. The molecule has 2 rings (SSSR count). The van der Waals surface area contributed by atoms with Gasteiger partial charge in [-0.3, -0.25) is 4.79 Å². The summed E-state index contributed by atoms with van der Waals surface area (Å²) < 4.78 is 5.02. The number of rotatable bonds is 4. The van der Waals surface area contributed by atoms with E-state index in [0.29, 0.717) is 12.2 Å². The molecule has 3 N–H and O–H groups in total. The highest BCUT2D eigenvalue weighted by molar-refractivity contribution is 5.85. The minimum absolute atomic E-state index is 0.365. The molecule has 0 saturated heterocycles. The number of fused-ring (bicyclic) bond motifs is 1. The van der Waals surface area contributed by atoms with Gasteiger partial charge in [-0.15, -0.1) is 0 Å². The predicted octanol–water partition coefficient (Wildman–Crippen LogP) is 1.16. The highest BCUT2D eigenvalue weighted by atomic mass is 16.5. The molecular weight excluding hydrogens is 232 g/mol. The number of hydrogen-bond acceptors (Lipinski definition) is 4. The van der Waals surface area contributed by atoms with E-state index in [0.717, 1.165) is 22.8 Å². The second-order valence-corrected chi connectivity index (χ2v) is 4.12. The third kappa shape index (κ3) is 2.57. The maximum Gasteiger partial charge on any atom is 0.308 e. The van der Waals surface area contributed by atoms with Gasteiger partial charge < -0.3 is 20.2 Å². The quantitative estimate of drug-likeness (QED) is 0.481. The zero-order valence-corrected chi connectivity index (χ0v) is 9.97. The van der Waals surface area contributed by atoms with Crippen LogP contribution in [-0.4, -0.2) is 23.3 Å². The molecule has 0 aliphatic carbocycles. The van der Waals surface area contributed by atoms with Gasteiger partial charge in [-0.1, -0.05) is 0 Å². The number of nitrogens with one attached hydrogen (secondary N) is 1. The summed E-state index contributed by atoms with van der Waals surface area (Å²) in [6, 6.07) is 4.77. The van der Waals surface area contributed by atoms with Crippen LogP contribution in [0.3, 0.4) is 0 Å². The number of carbonyl (C=O) groups excluding carboxylic acids is 2. The van der Waals surface area contributed by atoms with Crippen LogP contribution in [0.15, 0.2) is 24.4 Å². The van der Waals surface area contributed by atoms with Crippen LogP contribution in [-0.2, 0) is 16.0 Å². The summed E-state index contributed by atoms with van der Waals surface area (Å²) in [4.78, 5) is 24.6. The lowest BCUT2D eigenvalue weighted by atomic mass is 10.1. The average Bonchev–Trinajstić information content (AvgIpc) is 2.71. The van der Waals surface area contributed by atoms with E-state index in [1.54, 1.807) is 12.1 Å². The summed E-state index contributed by atoms with van der Waals surface area (Å²) >= 11 is 0. The molecule has 1 heterocycles. The Bertz CT molecular complexity index is 589. The normalized spacial score (nSPS) is 12.3. The molecule has 0 spiro atoms. The van der Waals surface area contributed by atoms with Gasteiger partial charge in [0.15, 0.2) is 0 Å². The highest BCUT2D eigenvalue weighted by Gasteiger charge is 2.09. The van der Waals surface area contributed by atoms with Gasteiger partial charge in [-0.2, -0.15) is 0 Å². The zero-order valence-electron chi connectivity index (χ0n) is 9.97. The van der Waals surface area contributed by atoms with Gasteiger partial charge in [0.1, 0.15) is 12.0 Å². The lowest BCUT2D eigenvalue weighted by molar-refractivity contribution is -0.131. The maximum atomic E-state index is 10.9. The minimum atomic E-state index is -0.526. The molecule has 94 valence electrons. The van der Waals surface area contributed by atoms with E-state index >= 15 is 0 Å². The van der Waals surface area contributed by atoms with Crippen LogP contribution < -0.4 is 10.5 Å². The van der Waals surface area contributed by atoms with Gasteiger partial charge in [0.25, 0.3) is 0 Å². The van der Waals surface area contributed by atoms with E-state index < -0.39 is 6.04 Å². The summed E-state index contributed by atoms with van der Waals surface area (Å²) in [5, 5.41) is 0.908. The Kier molecular flexibility index (Phi) is 3.43. The van der Waals surface area contributed by atoms with E-state index in [2.05, 4.69) is 4.98 Å². The van der Waals surface area contributed by atoms with Crippen molar-refractivity contribution in [3.63, 3.8) is 0 Å². The van der Waals surface area contributed by atoms with Crippen LogP contribution in [0.25, 0.3) is 10.9 Å². The summed E-state index contributed by atoms with van der Waals surface area (Å²) in [7, 11) is 0. The molecule has 0 unspecified atom stereocenters. The number of aldehydes is 1. The van der Waals surface area contributed by atoms with Crippen molar-refractivity contribution in [1.82, 2.24) is 4.98 Å². The first-order chi connectivity index (χ1) is 8.60. The first-order valence-electron chi connectivity index (χ1n) is 5.59. The van der Waals surface area contributed by atoms with Crippen molar-refractivity contribution in [1.29, 1.82) is 0 Å². The van der Waals surface area contributed by atoms with Crippen molar-refractivity contribution < 1.29 is 14.3 Å². The number of carbonyl (C=O) groups is 2. The summed E-state index contributed by atoms with van der Waals surface area (Å²) in [6.07, 6.45) is 2.98. The molecule has 2 aromatic rings. The third-order valence-electron chi connectivity index (χ3n) is 2.63. The molecule has 1 atom stereocenters. The second-order valence-electron chi connectivity index (χ2n) is 4.12. The predicted molar refractivity (Wildman–Crippen MR) is 67.4 cm³/mol. The topological polar surface area (TPSA) is 85.2 Å². The Morgan fingerprint density at radius 2 is 2.33 bits per heavy atom. The van der Waals surface area contributed by atoms with Crippen molar-refractivity contribution in [2.45, 2.75) is 19.4 Å². The standard InChI is InChI=1S/C13H14N2O3/c1-8(17)18-11-2-3-13-12(5-11)9(6-15-13)4-10(14)7-16/h2-3,5-7,10,15H,4,14H2,1H3/t10-/m0/s1. The number of H-pyrrole nitrogens is 1. The van der Waals surface area contributed by atoms with Gasteiger partial charge >= 0.3 is 5.97 Å². The first-order valence-corrected chi connectivity index (χ1v) is 5.59. The SMILES string of the molecule is CC(=O)Oc1ccc2[nH]cc(C[C@H](N)C=O)c2c1. The van der Waals surface area contributed by atoms with Gasteiger partial charge in [-0.25, -0.2) is 0 Å². The average molecular weight is 246 g/mol. The van der Waals surface area contributed by atoms with Crippen LogP contribution in [0, 0.1) is 0 Å². The molecule has 0 aliphatic rings. The minimum Gasteiger partial charge on any atom is -0.427 e. The molecule has 0 aliphatic heterocycles. The Labute approximate surface area is 104 Å². The second kappa shape index (κ2) is 5.01. The molecule has 0 bridgehead atoms. The van der Waals surface area contributed by atoms with E-state index in [1.807, 2.05) is 12.3 Å². The number of aromatic nitrogens is 1. The fourth-order valence-electron chi connectivity index (χ4n) is 1.86. The zero-order chi connectivity index (χ0) is 13.1. The number of nitrogens with two attached hydrogens (primary N) is 1. The molecule has 1 aromatic heterocycles. The maximum absolute atomic E-state index is 10.9. The Morgan fingerprint density at radius 1 is 1.56 bits per heavy atom. The molecule has 0 amide bonds. The van der Waals surface area contributed by atoms with E-state index in [1.165, 1.54) is 6.92 Å². The van der Waals surface area contributed by atoms with E-state index in [4.69, 9.17) is 10.5 Å². The van der Waals surface area contributed by atoms with E-state index in [-0.39, 0.29) is 5.97 Å². The third-order valence-corrected chi connectivity index (χ3v) is 2.63. The highest BCUT2D eigenvalue weighted by Crippen LogP contribution is 2.24. The summed E-state index contributed by atoms with van der Waals surface area (Å²) in [6.45, 7) is 1.35. The van der Waals surface area contributed by atoms with Crippen molar-refractivity contribution >= 4 is 23.2 Å². The Hall–Kier alpha value is -2.14. The number of ether oxygens (including phenoxy) is 1.